The van der Waals surface area contributed by atoms with E-state index in [2.05, 4.69) is 5.32 Å². The summed E-state index contributed by atoms with van der Waals surface area (Å²) in [6, 6.07) is 12.5. The van der Waals surface area contributed by atoms with Gasteiger partial charge in [-0.3, -0.25) is 9.59 Å². The van der Waals surface area contributed by atoms with E-state index < -0.39 is 17.8 Å². The highest BCUT2D eigenvalue weighted by Gasteiger charge is 2.29. The van der Waals surface area contributed by atoms with Crippen LogP contribution in [0.3, 0.4) is 0 Å². The third kappa shape index (κ3) is 6.20. The summed E-state index contributed by atoms with van der Waals surface area (Å²) in [7, 11) is 1.57. The van der Waals surface area contributed by atoms with Crippen LogP contribution in [0.25, 0.3) is 0 Å². The molecule has 0 aromatic heterocycles. The summed E-state index contributed by atoms with van der Waals surface area (Å²) in [5.74, 6) is 0.133. The van der Waals surface area contributed by atoms with Crippen LogP contribution in [0.1, 0.15) is 38.2 Å². The quantitative estimate of drug-likeness (QED) is 0.662. The summed E-state index contributed by atoms with van der Waals surface area (Å²) >= 11 is 0. The molecule has 2 aromatic carbocycles. The first kappa shape index (κ1) is 22.6. The highest BCUT2D eigenvalue weighted by atomic mass is 19.1. The minimum atomic E-state index is -0.757. The molecule has 0 aliphatic heterocycles. The molecule has 1 saturated carbocycles. The monoisotopic (exact) mass is 428 g/mol. The predicted octanol–water partition coefficient (Wildman–Crippen LogP) is 3.69. The van der Waals surface area contributed by atoms with Crippen LogP contribution in [0.2, 0.25) is 0 Å². The Bertz CT molecular complexity index is 881. The van der Waals surface area contributed by atoms with E-state index in [4.69, 9.17) is 9.47 Å². The summed E-state index contributed by atoms with van der Waals surface area (Å²) in [4.78, 5) is 27.2. The Kier molecular flexibility index (Phi) is 7.87. The van der Waals surface area contributed by atoms with Crippen LogP contribution in [0.4, 0.5) is 4.39 Å². The van der Waals surface area contributed by atoms with Gasteiger partial charge in [0.15, 0.2) is 6.61 Å². The average Bonchev–Trinajstić information content (AvgIpc) is 3.30. The molecule has 1 aliphatic carbocycles. The fourth-order valence-electron chi connectivity index (χ4n) is 3.68. The molecule has 7 heteroatoms. The Labute approximate surface area is 182 Å². The summed E-state index contributed by atoms with van der Waals surface area (Å²) in [5, 5.41) is 3.02. The van der Waals surface area contributed by atoms with Crippen molar-refractivity contribution in [2.75, 3.05) is 13.7 Å². The van der Waals surface area contributed by atoms with Crippen molar-refractivity contribution in [3.8, 4) is 11.5 Å². The number of nitrogens with zero attached hydrogens (tertiary/aromatic N) is 1. The maximum Gasteiger partial charge on any atom is 0.261 e. The smallest absolute Gasteiger partial charge is 0.261 e. The summed E-state index contributed by atoms with van der Waals surface area (Å²) in [6.07, 6.45) is 4.07. The fourth-order valence-corrected chi connectivity index (χ4v) is 3.68. The highest BCUT2D eigenvalue weighted by molar-refractivity contribution is 5.88. The van der Waals surface area contributed by atoms with Crippen molar-refractivity contribution < 1.29 is 23.5 Å². The molecular formula is C24H29FN2O4. The molecule has 1 N–H and O–H groups in total. The molecule has 0 heterocycles. The van der Waals surface area contributed by atoms with Gasteiger partial charge in [-0.05, 0) is 50.1 Å². The number of benzene rings is 2. The van der Waals surface area contributed by atoms with Gasteiger partial charge in [0.2, 0.25) is 5.91 Å². The van der Waals surface area contributed by atoms with Crippen LogP contribution in [-0.2, 0) is 16.1 Å². The Morgan fingerprint density at radius 3 is 2.39 bits per heavy atom. The number of ether oxygens (including phenoxy) is 2. The number of nitrogens with one attached hydrogen (secondary N) is 1. The zero-order valence-electron chi connectivity index (χ0n) is 18.0. The minimum Gasteiger partial charge on any atom is -0.497 e. The standard InChI is InChI=1S/C24H29FN2O4/c1-17(24(29)26-19-8-4-5-9-19)27(15-18-7-3-6-10-22(18)25)23(28)16-31-21-13-11-20(30-2)12-14-21/h3,6-7,10-14,17,19H,4-5,8-9,15-16H2,1-2H3,(H,26,29)/t17-/m0/s1. The lowest BCUT2D eigenvalue weighted by Crippen LogP contribution is -2.50. The maximum atomic E-state index is 14.2. The van der Waals surface area contributed by atoms with Crippen LogP contribution in [0, 0.1) is 5.82 Å². The van der Waals surface area contributed by atoms with E-state index >= 15 is 0 Å². The molecule has 1 atom stereocenters. The average molecular weight is 429 g/mol. The second-order valence-electron chi connectivity index (χ2n) is 7.74. The largest absolute Gasteiger partial charge is 0.497 e. The third-order valence-electron chi connectivity index (χ3n) is 5.59. The number of halogens is 1. The first-order valence-electron chi connectivity index (χ1n) is 10.6. The van der Waals surface area contributed by atoms with Crippen molar-refractivity contribution in [3.05, 3.63) is 59.9 Å². The third-order valence-corrected chi connectivity index (χ3v) is 5.59. The lowest BCUT2D eigenvalue weighted by molar-refractivity contribution is -0.142. The number of hydrogen-bond donors (Lipinski definition) is 1. The molecule has 3 rings (SSSR count). The molecule has 0 radical (unpaired) electrons. The van der Waals surface area contributed by atoms with Crippen molar-refractivity contribution >= 4 is 11.8 Å². The molecule has 1 aliphatic rings. The number of amides is 2. The van der Waals surface area contributed by atoms with Gasteiger partial charge >= 0.3 is 0 Å². The zero-order valence-corrected chi connectivity index (χ0v) is 18.0. The van der Waals surface area contributed by atoms with Crippen LogP contribution < -0.4 is 14.8 Å². The molecule has 31 heavy (non-hydrogen) atoms. The number of carbonyl (C=O) groups excluding carboxylic acids is 2. The Morgan fingerprint density at radius 2 is 1.74 bits per heavy atom. The Balaban J connectivity index is 1.70. The SMILES string of the molecule is COc1ccc(OCC(=O)N(Cc2ccccc2F)[C@@H](C)C(=O)NC2CCCC2)cc1. The van der Waals surface area contributed by atoms with Gasteiger partial charge in [-0.1, -0.05) is 31.0 Å². The number of carbonyl (C=O) groups is 2. The summed E-state index contributed by atoms with van der Waals surface area (Å²) < 4.78 is 25.0. The van der Waals surface area contributed by atoms with Gasteiger partial charge in [-0.25, -0.2) is 4.39 Å². The summed E-state index contributed by atoms with van der Waals surface area (Å²) in [5.41, 5.74) is 0.348. The van der Waals surface area contributed by atoms with Gasteiger partial charge in [0.25, 0.3) is 5.91 Å². The molecule has 0 bridgehead atoms. The molecule has 2 aromatic rings. The Hall–Kier alpha value is -3.09. The Morgan fingerprint density at radius 1 is 1.10 bits per heavy atom. The molecule has 0 saturated heterocycles. The second kappa shape index (κ2) is 10.8. The van der Waals surface area contributed by atoms with Gasteiger partial charge in [0, 0.05) is 18.2 Å². The first-order valence-corrected chi connectivity index (χ1v) is 10.6. The van der Waals surface area contributed by atoms with E-state index in [0.717, 1.165) is 25.7 Å². The molecule has 2 amide bonds. The van der Waals surface area contributed by atoms with Crippen molar-refractivity contribution in [3.63, 3.8) is 0 Å². The molecular weight excluding hydrogens is 399 g/mol. The fraction of sp³-hybridized carbons (Fsp3) is 0.417. The van der Waals surface area contributed by atoms with Gasteiger partial charge in [-0.2, -0.15) is 0 Å². The molecule has 1 fully saturated rings. The van der Waals surface area contributed by atoms with E-state index in [1.54, 1.807) is 56.5 Å². The van der Waals surface area contributed by atoms with Crippen LogP contribution >= 0.6 is 0 Å². The maximum absolute atomic E-state index is 14.2. The topological polar surface area (TPSA) is 67.9 Å². The minimum absolute atomic E-state index is 0.0171. The van der Waals surface area contributed by atoms with E-state index in [1.165, 1.54) is 11.0 Å². The zero-order chi connectivity index (χ0) is 22.2. The van der Waals surface area contributed by atoms with Crippen molar-refractivity contribution in [2.24, 2.45) is 0 Å². The van der Waals surface area contributed by atoms with Gasteiger partial charge < -0.3 is 19.7 Å². The van der Waals surface area contributed by atoms with E-state index in [0.29, 0.717) is 17.1 Å². The number of hydrogen-bond acceptors (Lipinski definition) is 4. The van der Waals surface area contributed by atoms with Crippen LogP contribution in [-0.4, -0.2) is 42.5 Å². The second-order valence-corrected chi connectivity index (χ2v) is 7.74. The highest BCUT2D eigenvalue weighted by Crippen LogP contribution is 2.20. The number of rotatable bonds is 9. The molecule has 0 spiro atoms. The lowest BCUT2D eigenvalue weighted by atomic mass is 10.1. The molecule has 6 nitrogen and oxygen atoms in total. The number of methoxy groups -OCH3 is 1. The van der Waals surface area contributed by atoms with E-state index in [1.807, 2.05) is 0 Å². The summed E-state index contributed by atoms with van der Waals surface area (Å²) in [6.45, 7) is 1.38. The van der Waals surface area contributed by atoms with Gasteiger partial charge in [-0.15, -0.1) is 0 Å². The van der Waals surface area contributed by atoms with Crippen molar-refractivity contribution in [2.45, 2.75) is 51.2 Å². The first-order chi connectivity index (χ1) is 15.0. The van der Waals surface area contributed by atoms with Crippen LogP contribution in [0.5, 0.6) is 11.5 Å². The van der Waals surface area contributed by atoms with Crippen LogP contribution in [0.15, 0.2) is 48.5 Å². The predicted molar refractivity (Wildman–Crippen MR) is 115 cm³/mol. The van der Waals surface area contributed by atoms with Crippen molar-refractivity contribution in [1.29, 1.82) is 0 Å². The normalized spacial score (nSPS) is 14.7. The van der Waals surface area contributed by atoms with Gasteiger partial charge in [0.1, 0.15) is 23.4 Å². The molecule has 0 unspecified atom stereocenters. The van der Waals surface area contributed by atoms with Crippen molar-refractivity contribution in [1.82, 2.24) is 10.2 Å². The van der Waals surface area contributed by atoms with E-state index in [-0.39, 0.29) is 25.1 Å². The van der Waals surface area contributed by atoms with Gasteiger partial charge in [0.05, 0.1) is 7.11 Å². The van der Waals surface area contributed by atoms with E-state index in [9.17, 15) is 14.0 Å². The molecule has 166 valence electrons. The lowest BCUT2D eigenvalue weighted by Gasteiger charge is -2.29.